The first-order valence-corrected chi connectivity index (χ1v) is 5.53. The maximum absolute atomic E-state index is 5.11. The van der Waals surface area contributed by atoms with Crippen molar-refractivity contribution in [1.82, 2.24) is 14.9 Å². The Bertz CT molecular complexity index is 367. The average molecular weight is 219 g/mol. The molecule has 0 spiro atoms. The molecule has 4 nitrogen and oxygen atoms in total. The fourth-order valence-electron chi connectivity index (χ4n) is 2.06. The molecule has 2 rings (SSSR count). The van der Waals surface area contributed by atoms with Crippen LogP contribution < -0.4 is 4.74 Å². The molecular formula is C12H17N3O. The normalized spacial score (nSPS) is 20.9. The highest BCUT2D eigenvalue weighted by atomic mass is 16.5. The summed E-state index contributed by atoms with van der Waals surface area (Å²) < 4.78 is 5.11. The van der Waals surface area contributed by atoms with Gasteiger partial charge in [-0.2, -0.15) is 4.98 Å². The van der Waals surface area contributed by atoms with Crippen LogP contribution in [0.1, 0.15) is 18.2 Å². The molecule has 86 valence electrons. The molecule has 0 amide bonds. The average Bonchev–Trinajstić information content (AvgIpc) is 2.78. The van der Waals surface area contributed by atoms with Crippen LogP contribution in [0.3, 0.4) is 0 Å². The van der Waals surface area contributed by atoms with E-state index in [9.17, 15) is 0 Å². The van der Waals surface area contributed by atoms with Crippen LogP contribution in [0.15, 0.2) is 24.9 Å². The summed E-state index contributed by atoms with van der Waals surface area (Å²) in [5, 5.41) is 0. The van der Waals surface area contributed by atoms with Crippen molar-refractivity contribution in [2.45, 2.75) is 12.3 Å². The zero-order valence-corrected chi connectivity index (χ0v) is 9.59. The van der Waals surface area contributed by atoms with Crippen LogP contribution in [-0.2, 0) is 0 Å². The second kappa shape index (κ2) is 5.07. The van der Waals surface area contributed by atoms with Gasteiger partial charge < -0.3 is 4.74 Å². The van der Waals surface area contributed by atoms with E-state index in [1.807, 2.05) is 6.08 Å². The number of ether oxygens (including phenoxy) is 1. The van der Waals surface area contributed by atoms with E-state index in [1.165, 1.54) is 0 Å². The first kappa shape index (κ1) is 11.1. The van der Waals surface area contributed by atoms with Gasteiger partial charge in [0.05, 0.1) is 7.11 Å². The van der Waals surface area contributed by atoms with Gasteiger partial charge in [-0.05, 0) is 13.0 Å². The molecule has 1 aliphatic heterocycles. The highest BCUT2D eigenvalue weighted by molar-refractivity contribution is 5.12. The number of hydrogen-bond acceptors (Lipinski definition) is 4. The highest BCUT2D eigenvalue weighted by Crippen LogP contribution is 2.25. The summed E-state index contributed by atoms with van der Waals surface area (Å²) >= 11 is 0. The Balaban J connectivity index is 2.05. The van der Waals surface area contributed by atoms with E-state index in [2.05, 4.69) is 21.4 Å². The van der Waals surface area contributed by atoms with Gasteiger partial charge in [0.2, 0.25) is 5.88 Å². The first-order chi connectivity index (χ1) is 7.83. The molecule has 16 heavy (non-hydrogen) atoms. The lowest BCUT2D eigenvalue weighted by Gasteiger charge is -2.12. The molecule has 0 aromatic carbocycles. The number of likely N-dealkylation sites (tertiary alicyclic amines) is 1. The number of nitrogens with zero attached hydrogens (tertiary/aromatic N) is 3. The van der Waals surface area contributed by atoms with Crippen LogP contribution in [0.4, 0.5) is 0 Å². The van der Waals surface area contributed by atoms with Gasteiger partial charge in [0.1, 0.15) is 5.82 Å². The van der Waals surface area contributed by atoms with Gasteiger partial charge in [0.25, 0.3) is 0 Å². The van der Waals surface area contributed by atoms with Crippen molar-refractivity contribution < 1.29 is 4.74 Å². The van der Waals surface area contributed by atoms with Crippen LogP contribution >= 0.6 is 0 Å². The fourth-order valence-corrected chi connectivity index (χ4v) is 2.06. The summed E-state index contributed by atoms with van der Waals surface area (Å²) in [6.45, 7) is 6.81. The minimum Gasteiger partial charge on any atom is -0.481 e. The summed E-state index contributed by atoms with van der Waals surface area (Å²) in [6, 6.07) is 1.78. The Morgan fingerprint density at radius 3 is 3.31 bits per heavy atom. The minimum absolute atomic E-state index is 0.426. The predicted octanol–water partition coefficient (Wildman–Crippen LogP) is 1.46. The standard InChI is InChI=1S/C12H17N3O/c1-3-7-15-8-5-10(9-15)12-13-6-4-11(14-12)16-2/h3-4,6,10H,1,5,7-9H2,2H3. The van der Waals surface area contributed by atoms with Crippen LogP contribution in [0, 0.1) is 0 Å². The van der Waals surface area contributed by atoms with Gasteiger partial charge in [0.15, 0.2) is 0 Å². The molecule has 1 aliphatic rings. The Morgan fingerprint density at radius 1 is 1.69 bits per heavy atom. The topological polar surface area (TPSA) is 38.2 Å². The lowest BCUT2D eigenvalue weighted by atomic mass is 10.1. The van der Waals surface area contributed by atoms with Gasteiger partial charge in [-0.1, -0.05) is 6.08 Å². The van der Waals surface area contributed by atoms with Crippen molar-refractivity contribution in [3.63, 3.8) is 0 Å². The van der Waals surface area contributed by atoms with Gasteiger partial charge in [-0.15, -0.1) is 6.58 Å². The van der Waals surface area contributed by atoms with Crippen molar-refractivity contribution in [3.8, 4) is 5.88 Å². The Kier molecular flexibility index (Phi) is 3.51. The third-order valence-corrected chi connectivity index (χ3v) is 2.88. The van der Waals surface area contributed by atoms with E-state index >= 15 is 0 Å². The van der Waals surface area contributed by atoms with Crippen molar-refractivity contribution >= 4 is 0 Å². The molecule has 0 radical (unpaired) electrons. The van der Waals surface area contributed by atoms with Crippen molar-refractivity contribution in [2.75, 3.05) is 26.7 Å². The third-order valence-electron chi connectivity index (χ3n) is 2.88. The molecular weight excluding hydrogens is 202 g/mol. The molecule has 0 saturated carbocycles. The van der Waals surface area contributed by atoms with Crippen molar-refractivity contribution in [3.05, 3.63) is 30.7 Å². The second-order valence-corrected chi connectivity index (χ2v) is 3.99. The van der Waals surface area contributed by atoms with E-state index in [0.717, 1.165) is 31.9 Å². The summed E-state index contributed by atoms with van der Waals surface area (Å²) in [5.41, 5.74) is 0. The van der Waals surface area contributed by atoms with Gasteiger partial charge in [0, 0.05) is 31.3 Å². The Labute approximate surface area is 96.0 Å². The summed E-state index contributed by atoms with van der Waals surface area (Å²) in [5.74, 6) is 1.97. The molecule has 1 aromatic heterocycles. The predicted molar refractivity (Wildman–Crippen MR) is 62.6 cm³/mol. The van der Waals surface area contributed by atoms with E-state index in [0.29, 0.717) is 11.8 Å². The lowest BCUT2D eigenvalue weighted by Crippen LogP contribution is -2.20. The Morgan fingerprint density at radius 2 is 2.56 bits per heavy atom. The lowest BCUT2D eigenvalue weighted by molar-refractivity contribution is 0.368. The summed E-state index contributed by atoms with van der Waals surface area (Å²) in [7, 11) is 1.63. The van der Waals surface area contributed by atoms with E-state index in [4.69, 9.17) is 4.74 Å². The SMILES string of the molecule is C=CCN1CCC(c2nccc(OC)n2)C1. The molecule has 0 aliphatic carbocycles. The zero-order valence-electron chi connectivity index (χ0n) is 9.59. The van der Waals surface area contributed by atoms with Gasteiger partial charge in [-0.3, -0.25) is 4.90 Å². The minimum atomic E-state index is 0.426. The van der Waals surface area contributed by atoms with E-state index < -0.39 is 0 Å². The highest BCUT2D eigenvalue weighted by Gasteiger charge is 2.25. The smallest absolute Gasteiger partial charge is 0.216 e. The molecule has 1 aromatic rings. The van der Waals surface area contributed by atoms with Crippen LogP contribution in [-0.4, -0.2) is 41.6 Å². The van der Waals surface area contributed by atoms with Crippen LogP contribution in [0.5, 0.6) is 5.88 Å². The molecule has 1 unspecified atom stereocenters. The zero-order chi connectivity index (χ0) is 11.4. The van der Waals surface area contributed by atoms with E-state index in [-0.39, 0.29) is 0 Å². The molecule has 4 heteroatoms. The van der Waals surface area contributed by atoms with E-state index in [1.54, 1.807) is 19.4 Å². The van der Waals surface area contributed by atoms with Crippen LogP contribution in [0.2, 0.25) is 0 Å². The number of methoxy groups -OCH3 is 1. The Hall–Kier alpha value is -1.42. The largest absolute Gasteiger partial charge is 0.481 e. The maximum Gasteiger partial charge on any atom is 0.216 e. The molecule has 1 atom stereocenters. The third kappa shape index (κ3) is 2.39. The number of aromatic nitrogens is 2. The molecule has 0 N–H and O–H groups in total. The second-order valence-electron chi connectivity index (χ2n) is 3.99. The summed E-state index contributed by atoms with van der Waals surface area (Å²) in [4.78, 5) is 11.1. The van der Waals surface area contributed by atoms with Crippen LogP contribution in [0.25, 0.3) is 0 Å². The maximum atomic E-state index is 5.11. The number of rotatable bonds is 4. The van der Waals surface area contributed by atoms with Crippen molar-refractivity contribution in [2.24, 2.45) is 0 Å². The number of hydrogen-bond donors (Lipinski definition) is 0. The van der Waals surface area contributed by atoms with Gasteiger partial charge in [-0.25, -0.2) is 4.98 Å². The fraction of sp³-hybridized carbons (Fsp3) is 0.500. The molecule has 1 fully saturated rings. The molecule has 1 saturated heterocycles. The molecule has 0 bridgehead atoms. The summed E-state index contributed by atoms with van der Waals surface area (Å²) in [6.07, 6.45) is 4.81. The van der Waals surface area contributed by atoms with Gasteiger partial charge >= 0.3 is 0 Å². The monoisotopic (exact) mass is 219 g/mol. The molecule has 2 heterocycles. The first-order valence-electron chi connectivity index (χ1n) is 5.53. The van der Waals surface area contributed by atoms with Crippen molar-refractivity contribution in [1.29, 1.82) is 0 Å². The quantitative estimate of drug-likeness (QED) is 0.719.